The summed E-state index contributed by atoms with van der Waals surface area (Å²) in [6.45, 7) is 2.44. The van der Waals surface area contributed by atoms with Crippen molar-refractivity contribution < 1.29 is 17.9 Å². The lowest BCUT2D eigenvalue weighted by Crippen LogP contribution is -2.17. The Hall–Kier alpha value is -1.43. The van der Waals surface area contributed by atoms with Gasteiger partial charge in [-0.2, -0.15) is 0 Å². The fourth-order valence-electron chi connectivity index (χ4n) is 1.51. The van der Waals surface area contributed by atoms with Gasteiger partial charge in [0.15, 0.2) is 21.3 Å². The van der Waals surface area contributed by atoms with Crippen LogP contribution in [0.1, 0.15) is 6.92 Å². The minimum absolute atomic E-state index is 0.0108. The highest BCUT2D eigenvalue weighted by atomic mass is 32.2. The van der Waals surface area contributed by atoms with E-state index in [4.69, 9.17) is 15.2 Å². The van der Waals surface area contributed by atoms with Crippen molar-refractivity contribution in [1.82, 2.24) is 0 Å². The van der Waals surface area contributed by atoms with E-state index in [2.05, 4.69) is 0 Å². The van der Waals surface area contributed by atoms with Gasteiger partial charge in [-0.15, -0.1) is 0 Å². The van der Waals surface area contributed by atoms with E-state index in [1.165, 1.54) is 12.1 Å². The molecule has 0 unspecified atom stereocenters. The molecule has 88 valence electrons. The van der Waals surface area contributed by atoms with Crippen molar-refractivity contribution in [2.75, 3.05) is 24.7 Å². The number of nitrogen functional groups attached to an aromatic ring is 1. The number of benzene rings is 1. The number of nitrogens with two attached hydrogens (primary N) is 1. The summed E-state index contributed by atoms with van der Waals surface area (Å²) in [4.78, 5) is 0.110. The number of fused-ring (bicyclic) bond motifs is 1. The van der Waals surface area contributed by atoms with Gasteiger partial charge < -0.3 is 15.2 Å². The van der Waals surface area contributed by atoms with Gasteiger partial charge in [0.1, 0.15) is 13.2 Å². The first-order chi connectivity index (χ1) is 7.54. The molecular weight excluding hydrogens is 230 g/mol. The van der Waals surface area contributed by atoms with Gasteiger partial charge in [0.25, 0.3) is 0 Å². The number of hydrogen-bond donors (Lipinski definition) is 1. The fraction of sp³-hybridized carbons (Fsp3) is 0.400. The van der Waals surface area contributed by atoms with Gasteiger partial charge in [-0.25, -0.2) is 8.42 Å². The molecule has 0 amide bonds. The van der Waals surface area contributed by atoms with Crippen LogP contribution in [-0.2, 0) is 9.84 Å². The van der Waals surface area contributed by atoms with Gasteiger partial charge in [0.2, 0.25) is 0 Å². The van der Waals surface area contributed by atoms with Gasteiger partial charge in [0, 0.05) is 12.1 Å². The largest absolute Gasteiger partial charge is 0.486 e. The Balaban J connectivity index is 2.56. The number of rotatable bonds is 2. The first-order valence-corrected chi connectivity index (χ1v) is 6.61. The maximum absolute atomic E-state index is 11.7. The summed E-state index contributed by atoms with van der Waals surface area (Å²) in [5.74, 6) is 0.947. The van der Waals surface area contributed by atoms with Crippen LogP contribution in [0.4, 0.5) is 5.69 Å². The summed E-state index contributed by atoms with van der Waals surface area (Å²) in [7, 11) is -3.32. The van der Waals surface area contributed by atoms with Gasteiger partial charge in [-0.1, -0.05) is 6.92 Å². The number of ether oxygens (including phenoxy) is 2. The SMILES string of the molecule is CCS(=O)(=O)c1cc2c(cc1N)OCCO2. The van der Waals surface area contributed by atoms with Gasteiger partial charge in [0.05, 0.1) is 16.3 Å². The smallest absolute Gasteiger partial charge is 0.180 e. The first-order valence-electron chi connectivity index (χ1n) is 4.96. The molecule has 0 spiro atoms. The molecule has 1 aliphatic heterocycles. The van der Waals surface area contributed by atoms with Crippen LogP contribution in [0.5, 0.6) is 11.5 Å². The quantitative estimate of drug-likeness (QED) is 0.778. The van der Waals surface area contributed by atoms with Crippen LogP contribution in [0.2, 0.25) is 0 Å². The van der Waals surface area contributed by atoms with E-state index in [1.807, 2.05) is 0 Å². The lowest BCUT2D eigenvalue weighted by atomic mass is 10.2. The molecule has 2 N–H and O–H groups in total. The zero-order valence-electron chi connectivity index (χ0n) is 8.89. The number of sulfone groups is 1. The molecule has 1 heterocycles. The van der Waals surface area contributed by atoms with Crippen LogP contribution in [0, 0.1) is 0 Å². The Bertz CT molecular complexity index is 510. The molecule has 0 fully saturated rings. The van der Waals surface area contributed by atoms with Crippen molar-refractivity contribution in [2.24, 2.45) is 0 Å². The maximum atomic E-state index is 11.7. The van der Waals surface area contributed by atoms with E-state index < -0.39 is 9.84 Å². The maximum Gasteiger partial charge on any atom is 0.180 e. The van der Waals surface area contributed by atoms with E-state index in [0.29, 0.717) is 24.7 Å². The van der Waals surface area contributed by atoms with Gasteiger partial charge in [-0.3, -0.25) is 0 Å². The van der Waals surface area contributed by atoms with E-state index >= 15 is 0 Å². The molecule has 16 heavy (non-hydrogen) atoms. The third-order valence-electron chi connectivity index (χ3n) is 2.39. The molecule has 1 aromatic rings. The lowest BCUT2D eigenvalue weighted by Gasteiger charge is -2.19. The molecule has 0 saturated heterocycles. The van der Waals surface area contributed by atoms with Crippen LogP contribution >= 0.6 is 0 Å². The monoisotopic (exact) mass is 243 g/mol. The number of anilines is 1. The van der Waals surface area contributed by atoms with E-state index in [-0.39, 0.29) is 16.3 Å². The Morgan fingerprint density at radius 2 is 1.81 bits per heavy atom. The van der Waals surface area contributed by atoms with Crippen molar-refractivity contribution in [3.8, 4) is 11.5 Å². The standard InChI is InChI=1S/C10H13NO4S/c1-2-16(12,13)10-6-9-8(5-7(10)11)14-3-4-15-9/h5-6H,2-4,11H2,1H3. The Morgan fingerprint density at radius 3 is 2.38 bits per heavy atom. The third kappa shape index (κ3) is 1.80. The average Bonchev–Trinajstić information content (AvgIpc) is 2.28. The molecule has 1 aliphatic rings. The van der Waals surface area contributed by atoms with E-state index in [1.54, 1.807) is 6.92 Å². The normalized spacial score (nSPS) is 14.8. The average molecular weight is 243 g/mol. The summed E-state index contributed by atoms with van der Waals surface area (Å²) in [6.07, 6.45) is 0. The molecule has 0 saturated carbocycles. The van der Waals surface area contributed by atoms with Crippen LogP contribution in [-0.4, -0.2) is 27.4 Å². The zero-order valence-corrected chi connectivity index (χ0v) is 9.71. The molecule has 0 atom stereocenters. The highest BCUT2D eigenvalue weighted by Crippen LogP contribution is 2.36. The summed E-state index contributed by atoms with van der Waals surface area (Å²) >= 11 is 0. The summed E-state index contributed by atoms with van der Waals surface area (Å²) < 4.78 is 34.1. The number of hydrogen-bond acceptors (Lipinski definition) is 5. The molecule has 0 aliphatic carbocycles. The third-order valence-corrected chi connectivity index (χ3v) is 4.17. The summed E-state index contributed by atoms with van der Waals surface area (Å²) in [6, 6.07) is 2.93. The van der Waals surface area contributed by atoms with Crippen LogP contribution in [0.25, 0.3) is 0 Å². The molecule has 6 heteroatoms. The first kappa shape index (κ1) is 11.1. The second-order valence-corrected chi connectivity index (χ2v) is 5.68. The molecule has 0 aromatic heterocycles. The molecule has 0 bridgehead atoms. The minimum atomic E-state index is -3.32. The Labute approximate surface area is 94.1 Å². The fourth-order valence-corrected chi connectivity index (χ4v) is 2.53. The van der Waals surface area contributed by atoms with E-state index in [9.17, 15) is 8.42 Å². The molecule has 2 rings (SSSR count). The van der Waals surface area contributed by atoms with Crippen LogP contribution in [0.3, 0.4) is 0 Å². The molecule has 5 nitrogen and oxygen atoms in total. The Morgan fingerprint density at radius 1 is 1.25 bits per heavy atom. The second kappa shape index (κ2) is 3.86. The van der Waals surface area contributed by atoms with E-state index in [0.717, 1.165) is 0 Å². The lowest BCUT2D eigenvalue weighted by molar-refractivity contribution is 0.171. The molecule has 1 aromatic carbocycles. The van der Waals surface area contributed by atoms with Crippen molar-refractivity contribution >= 4 is 15.5 Å². The topological polar surface area (TPSA) is 78.6 Å². The van der Waals surface area contributed by atoms with Crippen LogP contribution < -0.4 is 15.2 Å². The van der Waals surface area contributed by atoms with Gasteiger partial charge in [-0.05, 0) is 0 Å². The van der Waals surface area contributed by atoms with Crippen molar-refractivity contribution in [3.05, 3.63) is 12.1 Å². The van der Waals surface area contributed by atoms with Crippen molar-refractivity contribution in [2.45, 2.75) is 11.8 Å². The van der Waals surface area contributed by atoms with Crippen molar-refractivity contribution in [3.63, 3.8) is 0 Å². The van der Waals surface area contributed by atoms with Crippen LogP contribution in [0.15, 0.2) is 17.0 Å². The molecular formula is C10H13NO4S. The molecule has 0 radical (unpaired) electrons. The second-order valence-electron chi connectivity index (χ2n) is 3.44. The van der Waals surface area contributed by atoms with Crippen molar-refractivity contribution in [1.29, 1.82) is 0 Å². The summed E-state index contributed by atoms with van der Waals surface area (Å²) in [5.41, 5.74) is 5.89. The summed E-state index contributed by atoms with van der Waals surface area (Å²) in [5, 5.41) is 0. The minimum Gasteiger partial charge on any atom is -0.486 e. The predicted molar refractivity (Wildman–Crippen MR) is 59.6 cm³/mol. The Kier molecular flexibility index (Phi) is 2.67. The van der Waals surface area contributed by atoms with Gasteiger partial charge >= 0.3 is 0 Å². The highest BCUT2D eigenvalue weighted by Gasteiger charge is 2.21. The highest BCUT2D eigenvalue weighted by molar-refractivity contribution is 7.91. The predicted octanol–water partition coefficient (Wildman–Crippen LogP) is 0.834. The zero-order chi connectivity index (χ0) is 11.8.